The minimum atomic E-state index is 0.487. The van der Waals surface area contributed by atoms with E-state index >= 15 is 0 Å². The van der Waals surface area contributed by atoms with E-state index in [0.29, 0.717) is 6.61 Å². The van der Waals surface area contributed by atoms with Gasteiger partial charge in [0.2, 0.25) is 0 Å². The van der Waals surface area contributed by atoms with Gasteiger partial charge in [0.25, 0.3) is 0 Å². The standard InChI is InChI=1S/C16H14N2OS/c1-12-2-4-13(5-3-12)15-11-20-16(18-15)10-19-14-6-8-17-9-7-14/h2-9,11H,10H2,1H3. The largest absolute Gasteiger partial charge is 0.486 e. The van der Waals surface area contributed by atoms with Crippen LogP contribution in [0.1, 0.15) is 10.6 Å². The van der Waals surface area contributed by atoms with E-state index in [0.717, 1.165) is 22.0 Å². The third-order valence-electron chi connectivity index (χ3n) is 2.91. The van der Waals surface area contributed by atoms with Gasteiger partial charge in [-0.05, 0) is 19.1 Å². The minimum absolute atomic E-state index is 0.487. The van der Waals surface area contributed by atoms with Crippen LogP contribution in [0.4, 0.5) is 0 Å². The molecule has 0 radical (unpaired) electrons. The Labute approximate surface area is 121 Å². The van der Waals surface area contributed by atoms with Gasteiger partial charge in [0.15, 0.2) is 0 Å². The maximum atomic E-state index is 5.67. The number of pyridine rings is 1. The van der Waals surface area contributed by atoms with Gasteiger partial charge in [-0.15, -0.1) is 11.3 Å². The minimum Gasteiger partial charge on any atom is -0.486 e. The van der Waals surface area contributed by atoms with Crippen LogP contribution < -0.4 is 4.74 Å². The average Bonchev–Trinajstić information content (AvgIpc) is 2.96. The van der Waals surface area contributed by atoms with Crippen LogP contribution in [0.2, 0.25) is 0 Å². The Morgan fingerprint density at radius 2 is 1.80 bits per heavy atom. The van der Waals surface area contributed by atoms with Crippen LogP contribution in [0, 0.1) is 6.92 Å². The van der Waals surface area contributed by atoms with Crippen molar-refractivity contribution in [3.05, 3.63) is 64.7 Å². The lowest BCUT2D eigenvalue weighted by atomic mass is 10.1. The van der Waals surface area contributed by atoms with Crippen LogP contribution in [-0.2, 0) is 6.61 Å². The van der Waals surface area contributed by atoms with Gasteiger partial charge in [-0.1, -0.05) is 29.8 Å². The molecule has 0 aliphatic carbocycles. The Morgan fingerprint density at radius 3 is 2.55 bits per heavy atom. The molecule has 0 N–H and O–H groups in total. The van der Waals surface area contributed by atoms with Crippen molar-refractivity contribution in [3.63, 3.8) is 0 Å². The van der Waals surface area contributed by atoms with Crippen molar-refractivity contribution in [2.75, 3.05) is 0 Å². The van der Waals surface area contributed by atoms with Gasteiger partial charge in [0.05, 0.1) is 5.69 Å². The summed E-state index contributed by atoms with van der Waals surface area (Å²) in [5.41, 5.74) is 3.40. The summed E-state index contributed by atoms with van der Waals surface area (Å²) in [7, 11) is 0. The zero-order valence-corrected chi connectivity index (χ0v) is 11.9. The first-order valence-electron chi connectivity index (χ1n) is 6.35. The smallest absolute Gasteiger partial charge is 0.140 e. The fourth-order valence-corrected chi connectivity index (χ4v) is 2.53. The summed E-state index contributed by atoms with van der Waals surface area (Å²) < 4.78 is 5.67. The predicted octanol–water partition coefficient (Wildman–Crippen LogP) is 4.09. The molecule has 0 amide bonds. The van der Waals surface area contributed by atoms with Crippen molar-refractivity contribution in [3.8, 4) is 17.0 Å². The summed E-state index contributed by atoms with van der Waals surface area (Å²) in [4.78, 5) is 8.56. The van der Waals surface area contributed by atoms with Gasteiger partial charge >= 0.3 is 0 Å². The third kappa shape index (κ3) is 3.03. The molecular weight excluding hydrogens is 268 g/mol. The second-order valence-electron chi connectivity index (χ2n) is 4.46. The number of hydrogen-bond donors (Lipinski definition) is 0. The van der Waals surface area contributed by atoms with Crippen molar-refractivity contribution < 1.29 is 4.74 Å². The monoisotopic (exact) mass is 282 g/mol. The molecule has 100 valence electrons. The molecule has 20 heavy (non-hydrogen) atoms. The molecule has 0 atom stereocenters. The summed E-state index contributed by atoms with van der Waals surface area (Å²) >= 11 is 1.62. The molecule has 2 heterocycles. The highest BCUT2D eigenvalue weighted by molar-refractivity contribution is 7.09. The fourth-order valence-electron chi connectivity index (χ4n) is 1.81. The number of hydrogen-bond acceptors (Lipinski definition) is 4. The zero-order chi connectivity index (χ0) is 13.8. The topological polar surface area (TPSA) is 35.0 Å². The molecule has 0 fully saturated rings. The summed E-state index contributed by atoms with van der Waals surface area (Å²) in [6, 6.07) is 12.1. The molecule has 3 nitrogen and oxygen atoms in total. The lowest BCUT2D eigenvalue weighted by Crippen LogP contribution is -1.94. The first kappa shape index (κ1) is 12.8. The highest BCUT2D eigenvalue weighted by Crippen LogP contribution is 2.23. The summed E-state index contributed by atoms with van der Waals surface area (Å²) in [5.74, 6) is 0.812. The quantitative estimate of drug-likeness (QED) is 0.723. The fraction of sp³-hybridized carbons (Fsp3) is 0.125. The summed E-state index contributed by atoms with van der Waals surface area (Å²) in [6.45, 7) is 2.57. The zero-order valence-electron chi connectivity index (χ0n) is 11.1. The summed E-state index contributed by atoms with van der Waals surface area (Å²) in [6.07, 6.45) is 3.43. The van der Waals surface area contributed by atoms with Gasteiger partial charge in [-0.2, -0.15) is 0 Å². The Hall–Kier alpha value is -2.20. The van der Waals surface area contributed by atoms with E-state index < -0.39 is 0 Å². The second kappa shape index (κ2) is 5.84. The second-order valence-corrected chi connectivity index (χ2v) is 5.41. The molecule has 3 aromatic rings. The number of nitrogens with zero attached hydrogens (tertiary/aromatic N) is 2. The van der Waals surface area contributed by atoms with Crippen molar-refractivity contribution in [1.82, 2.24) is 9.97 Å². The maximum absolute atomic E-state index is 5.67. The Morgan fingerprint density at radius 1 is 1.05 bits per heavy atom. The van der Waals surface area contributed by atoms with Crippen LogP contribution in [0.15, 0.2) is 54.2 Å². The Bertz CT molecular complexity index is 677. The van der Waals surface area contributed by atoms with Crippen LogP contribution >= 0.6 is 11.3 Å². The van der Waals surface area contributed by atoms with E-state index in [9.17, 15) is 0 Å². The number of ether oxygens (including phenoxy) is 1. The Kier molecular flexibility index (Phi) is 3.74. The highest BCUT2D eigenvalue weighted by Gasteiger charge is 2.05. The van der Waals surface area contributed by atoms with E-state index in [1.54, 1.807) is 23.7 Å². The molecule has 0 unspecified atom stereocenters. The molecule has 0 saturated heterocycles. The molecule has 0 aliphatic rings. The number of aromatic nitrogens is 2. The van der Waals surface area contributed by atoms with Gasteiger partial charge in [-0.25, -0.2) is 4.98 Å². The normalized spacial score (nSPS) is 10.4. The number of benzene rings is 1. The predicted molar refractivity (Wildman–Crippen MR) is 80.9 cm³/mol. The van der Waals surface area contributed by atoms with Crippen molar-refractivity contribution in [2.45, 2.75) is 13.5 Å². The number of thiazole rings is 1. The molecule has 3 rings (SSSR count). The molecular formula is C16H14N2OS. The van der Waals surface area contributed by atoms with E-state index in [1.807, 2.05) is 12.1 Å². The van der Waals surface area contributed by atoms with Crippen molar-refractivity contribution >= 4 is 11.3 Å². The van der Waals surface area contributed by atoms with Gasteiger partial charge < -0.3 is 4.74 Å². The molecule has 4 heteroatoms. The SMILES string of the molecule is Cc1ccc(-c2csc(COc3ccncc3)n2)cc1. The Balaban J connectivity index is 1.69. The van der Waals surface area contributed by atoms with Gasteiger partial charge in [0.1, 0.15) is 17.4 Å². The molecule has 0 saturated carbocycles. The number of aryl methyl sites for hydroxylation is 1. The first-order valence-corrected chi connectivity index (χ1v) is 7.23. The lowest BCUT2D eigenvalue weighted by Gasteiger charge is -2.02. The molecule has 0 spiro atoms. The third-order valence-corrected chi connectivity index (χ3v) is 3.73. The first-order chi connectivity index (χ1) is 9.81. The van der Waals surface area contributed by atoms with Crippen molar-refractivity contribution in [2.24, 2.45) is 0 Å². The van der Waals surface area contributed by atoms with E-state index in [1.165, 1.54) is 5.56 Å². The molecule has 1 aromatic carbocycles. The highest BCUT2D eigenvalue weighted by atomic mass is 32.1. The average molecular weight is 282 g/mol. The van der Waals surface area contributed by atoms with Crippen LogP contribution in [-0.4, -0.2) is 9.97 Å². The van der Waals surface area contributed by atoms with Crippen LogP contribution in [0.25, 0.3) is 11.3 Å². The van der Waals surface area contributed by atoms with E-state index in [2.05, 4.69) is 46.5 Å². The molecule has 0 aliphatic heterocycles. The van der Waals surface area contributed by atoms with E-state index in [-0.39, 0.29) is 0 Å². The molecule has 0 bridgehead atoms. The lowest BCUT2D eigenvalue weighted by molar-refractivity contribution is 0.305. The number of rotatable bonds is 4. The maximum Gasteiger partial charge on any atom is 0.140 e. The van der Waals surface area contributed by atoms with Gasteiger partial charge in [0, 0.05) is 23.3 Å². The van der Waals surface area contributed by atoms with E-state index in [4.69, 9.17) is 4.74 Å². The van der Waals surface area contributed by atoms with Gasteiger partial charge in [-0.3, -0.25) is 4.98 Å². The molecule has 2 aromatic heterocycles. The summed E-state index contributed by atoms with van der Waals surface area (Å²) in [5, 5.41) is 3.04. The van der Waals surface area contributed by atoms with Crippen molar-refractivity contribution in [1.29, 1.82) is 0 Å². The van der Waals surface area contributed by atoms with Crippen LogP contribution in [0.5, 0.6) is 5.75 Å². The van der Waals surface area contributed by atoms with Crippen LogP contribution in [0.3, 0.4) is 0 Å².